The van der Waals surface area contributed by atoms with Gasteiger partial charge in [-0.25, -0.2) is 9.59 Å². The Bertz CT molecular complexity index is 945. The molecule has 0 bridgehead atoms. The standard InChI is InChI=1S/C19H22N2O5/c1-6-19(13(5)22,18(24)25-7-2)21-20-15-10-14-11(3)9-17(23)26-16(14)8-12(15)4/h8-10H,6-7H2,1-5H3/t19-/m0/s1. The smallest absolute Gasteiger partial charge is 0.343 e. The van der Waals surface area contributed by atoms with E-state index in [-0.39, 0.29) is 13.0 Å². The number of Topliss-reactive ketones (excluding diaryl/α,β-unsaturated/α-hetero) is 1. The van der Waals surface area contributed by atoms with Crippen molar-refractivity contribution in [2.24, 2.45) is 10.2 Å². The van der Waals surface area contributed by atoms with Crippen LogP contribution in [0.15, 0.2) is 37.6 Å². The van der Waals surface area contributed by atoms with Crippen LogP contribution in [0.1, 0.15) is 38.3 Å². The lowest BCUT2D eigenvalue weighted by molar-refractivity contribution is -0.153. The fourth-order valence-electron chi connectivity index (χ4n) is 2.67. The first-order valence-electron chi connectivity index (χ1n) is 8.41. The molecule has 0 aliphatic carbocycles. The number of carbonyl (C=O) groups excluding carboxylic acids is 2. The molecule has 0 spiro atoms. The number of aryl methyl sites for hydroxylation is 2. The maximum atomic E-state index is 12.3. The van der Waals surface area contributed by atoms with Crippen molar-refractivity contribution < 1.29 is 18.7 Å². The largest absolute Gasteiger partial charge is 0.464 e. The second kappa shape index (κ2) is 7.59. The topological polar surface area (TPSA) is 98.3 Å². The number of fused-ring (bicyclic) bond motifs is 1. The Morgan fingerprint density at radius 3 is 2.42 bits per heavy atom. The van der Waals surface area contributed by atoms with Crippen LogP contribution in [0.2, 0.25) is 0 Å². The lowest BCUT2D eigenvalue weighted by Crippen LogP contribution is -2.44. The first kappa shape index (κ1) is 19.5. The first-order valence-corrected chi connectivity index (χ1v) is 8.41. The molecule has 7 heteroatoms. The number of benzene rings is 1. The monoisotopic (exact) mass is 358 g/mol. The van der Waals surface area contributed by atoms with Crippen molar-refractivity contribution in [3.05, 3.63) is 39.7 Å². The van der Waals surface area contributed by atoms with Crippen molar-refractivity contribution in [1.82, 2.24) is 0 Å². The Labute approximate surface area is 151 Å². The van der Waals surface area contributed by atoms with E-state index >= 15 is 0 Å². The third-order valence-corrected chi connectivity index (χ3v) is 4.30. The minimum absolute atomic E-state index is 0.144. The molecule has 1 aromatic heterocycles. The molecule has 0 N–H and O–H groups in total. The van der Waals surface area contributed by atoms with E-state index in [1.165, 1.54) is 13.0 Å². The van der Waals surface area contributed by atoms with Crippen LogP contribution in [0.3, 0.4) is 0 Å². The number of azo groups is 1. The quantitative estimate of drug-likeness (QED) is 0.338. The molecule has 0 amide bonds. The summed E-state index contributed by atoms with van der Waals surface area (Å²) in [6, 6.07) is 4.80. The van der Waals surface area contributed by atoms with Crippen molar-refractivity contribution in [2.45, 2.75) is 46.6 Å². The van der Waals surface area contributed by atoms with Crippen LogP contribution >= 0.6 is 0 Å². The van der Waals surface area contributed by atoms with Crippen LogP contribution in [0, 0.1) is 13.8 Å². The second-order valence-corrected chi connectivity index (χ2v) is 6.07. The van der Waals surface area contributed by atoms with Crippen LogP contribution in [0.25, 0.3) is 11.0 Å². The van der Waals surface area contributed by atoms with Gasteiger partial charge in [0, 0.05) is 11.5 Å². The van der Waals surface area contributed by atoms with E-state index in [1.807, 2.05) is 0 Å². The Kier molecular flexibility index (Phi) is 5.69. The number of ketones is 1. The molecule has 0 aliphatic rings. The van der Waals surface area contributed by atoms with Gasteiger partial charge >= 0.3 is 11.6 Å². The number of rotatable bonds is 6. The number of nitrogens with zero attached hydrogens (tertiary/aromatic N) is 2. The summed E-state index contributed by atoms with van der Waals surface area (Å²) in [7, 11) is 0. The van der Waals surface area contributed by atoms with Crippen molar-refractivity contribution >= 4 is 28.4 Å². The zero-order valence-corrected chi connectivity index (χ0v) is 15.6. The molecular weight excluding hydrogens is 336 g/mol. The second-order valence-electron chi connectivity index (χ2n) is 6.07. The van der Waals surface area contributed by atoms with Gasteiger partial charge in [-0.05, 0) is 57.4 Å². The van der Waals surface area contributed by atoms with E-state index < -0.39 is 22.9 Å². The van der Waals surface area contributed by atoms with E-state index in [1.54, 1.807) is 39.8 Å². The van der Waals surface area contributed by atoms with Crippen molar-refractivity contribution in [1.29, 1.82) is 0 Å². The van der Waals surface area contributed by atoms with E-state index in [0.717, 1.165) is 5.56 Å². The molecule has 2 rings (SSSR count). The van der Waals surface area contributed by atoms with Gasteiger partial charge in [0.2, 0.25) is 5.54 Å². The Morgan fingerprint density at radius 1 is 1.15 bits per heavy atom. The van der Waals surface area contributed by atoms with E-state index in [9.17, 15) is 14.4 Å². The van der Waals surface area contributed by atoms with Gasteiger partial charge < -0.3 is 9.15 Å². The van der Waals surface area contributed by atoms with Crippen LogP contribution in [0.4, 0.5) is 5.69 Å². The van der Waals surface area contributed by atoms with Gasteiger partial charge in [0.15, 0.2) is 5.78 Å². The average Bonchev–Trinajstić information content (AvgIpc) is 2.56. The van der Waals surface area contributed by atoms with Crippen LogP contribution in [0.5, 0.6) is 0 Å². The fraction of sp³-hybridized carbons (Fsp3) is 0.421. The van der Waals surface area contributed by atoms with Crippen molar-refractivity contribution in [2.75, 3.05) is 6.61 Å². The molecule has 1 atom stereocenters. The SMILES string of the molecule is CCOC(=O)[C@@](CC)(N=Nc1cc2c(C)cc(=O)oc2cc1C)C(C)=O. The van der Waals surface area contributed by atoms with Crippen LogP contribution < -0.4 is 5.63 Å². The molecule has 0 aliphatic heterocycles. The number of hydrogen-bond donors (Lipinski definition) is 0. The molecule has 0 saturated carbocycles. The Morgan fingerprint density at radius 2 is 1.85 bits per heavy atom. The zero-order valence-electron chi connectivity index (χ0n) is 15.6. The highest BCUT2D eigenvalue weighted by atomic mass is 16.5. The third-order valence-electron chi connectivity index (χ3n) is 4.30. The molecule has 0 saturated heterocycles. The van der Waals surface area contributed by atoms with Crippen molar-refractivity contribution in [3.63, 3.8) is 0 Å². The molecule has 2 aromatic rings. The van der Waals surface area contributed by atoms with E-state index in [2.05, 4.69) is 10.2 Å². The highest BCUT2D eigenvalue weighted by Gasteiger charge is 2.44. The fourth-order valence-corrected chi connectivity index (χ4v) is 2.67. The molecular formula is C19H22N2O5. The molecule has 1 aromatic carbocycles. The molecule has 0 radical (unpaired) electrons. The highest BCUT2D eigenvalue weighted by molar-refractivity contribution is 6.07. The van der Waals surface area contributed by atoms with Crippen LogP contribution in [-0.4, -0.2) is 23.9 Å². The Balaban J connectivity index is 2.57. The summed E-state index contributed by atoms with van der Waals surface area (Å²) in [4.78, 5) is 35.9. The van der Waals surface area contributed by atoms with Gasteiger partial charge in [-0.15, -0.1) is 0 Å². The summed E-state index contributed by atoms with van der Waals surface area (Å²) >= 11 is 0. The summed E-state index contributed by atoms with van der Waals surface area (Å²) in [6.07, 6.45) is 0.144. The molecule has 1 heterocycles. The number of hydrogen-bond acceptors (Lipinski definition) is 7. The highest BCUT2D eigenvalue weighted by Crippen LogP contribution is 2.29. The zero-order chi connectivity index (χ0) is 19.5. The first-order chi connectivity index (χ1) is 12.2. The van der Waals surface area contributed by atoms with E-state index in [4.69, 9.17) is 9.15 Å². The van der Waals surface area contributed by atoms with Crippen molar-refractivity contribution in [3.8, 4) is 0 Å². The minimum atomic E-state index is -1.66. The predicted octanol–water partition coefficient (Wildman–Crippen LogP) is 3.79. The van der Waals surface area contributed by atoms with Gasteiger partial charge in [0.1, 0.15) is 5.58 Å². The molecule has 0 unspecified atom stereocenters. The van der Waals surface area contributed by atoms with Gasteiger partial charge in [-0.3, -0.25) is 4.79 Å². The average molecular weight is 358 g/mol. The van der Waals surface area contributed by atoms with Gasteiger partial charge in [-0.1, -0.05) is 6.92 Å². The molecule has 26 heavy (non-hydrogen) atoms. The minimum Gasteiger partial charge on any atom is -0.464 e. The number of esters is 1. The summed E-state index contributed by atoms with van der Waals surface area (Å²) in [5.74, 6) is -1.14. The van der Waals surface area contributed by atoms with Gasteiger partial charge in [-0.2, -0.15) is 10.2 Å². The summed E-state index contributed by atoms with van der Waals surface area (Å²) in [5, 5.41) is 8.97. The van der Waals surface area contributed by atoms with E-state index in [0.29, 0.717) is 22.2 Å². The van der Waals surface area contributed by atoms with Crippen LogP contribution in [-0.2, 0) is 14.3 Å². The Hall–Kier alpha value is -2.83. The maximum Gasteiger partial charge on any atom is 0.343 e. The normalized spacial score (nSPS) is 13.7. The summed E-state index contributed by atoms with van der Waals surface area (Å²) < 4.78 is 10.2. The molecule has 0 fully saturated rings. The number of carbonyl (C=O) groups is 2. The van der Waals surface area contributed by atoms with Gasteiger partial charge in [0.05, 0.1) is 12.3 Å². The predicted molar refractivity (Wildman–Crippen MR) is 96.8 cm³/mol. The third kappa shape index (κ3) is 3.56. The lowest BCUT2D eigenvalue weighted by Gasteiger charge is -2.21. The maximum absolute atomic E-state index is 12.3. The summed E-state index contributed by atoms with van der Waals surface area (Å²) in [6.45, 7) is 8.37. The summed E-state index contributed by atoms with van der Waals surface area (Å²) in [5.41, 5.74) is 0.296. The molecule has 7 nitrogen and oxygen atoms in total. The lowest BCUT2D eigenvalue weighted by atomic mass is 9.93. The molecule has 138 valence electrons. The van der Waals surface area contributed by atoms with Gasteiger partial charge in [0.25, 0.3) is 0 Å². The number of ether oxygens (including phenoxy) is 1.